The van der Waals surface area contributed by atoms with Crippen molar-refractivity contribution in [2.45, 2.75) is 51.2 Å². The standard InChI is InChI=1S/C26H34ClN3O6S/c1-18(26(32)28-21-10-5-6-11-21)29(16-19-8-7-9-20(27)14-19)25(31)17-30(37(4,33)34)22-12-13-23(35-2)24(15-22)36-3/h7-9,12-15,18,21H,5-6,10-11,16-17H2,1-4H3,(H,28,32)/t18-/m1/s1. The Balaban J connectivity index is 1.91. The Bertz CT molecular complexity index is 1220. The summed E-state index contributed by atoms with van der Waals surface area (Å²) in [5.74, 6) is -0.0689. The van der Waals surface area contributed by atoms with Gasteiger partial charge in [-0.05, 0) is 49.6 Å². The van der Waals surface area contributed by atoms with Crippen LogP contribution in [-0.2, 0) is 26.2 Å². The van der Waals surface area contributed by atoms with Crippen molar-refractivity contribution in [1.29, 1.82) is 0 Å². The normalized spacial score (nSPS) is 14.6. The van der Waals surface area contributed by atoms with Crippen LogP contribution in [0.5, 0.6) is 11.5 Å². The van der Waals surface area contributed by atoms with Gasteiger partial charge in [-0.2, -0.15) is 0 Å². The molecule has 1 atom stereocenters. The molecule has 0 spiro atoms. The highest BCUT2D eigenvalue weighted by Gasteiger charge is 2.31. The van der Waals surface area contributed by atoms with E-state index in [-0.39, 0.29) is 24.2 Å². The summed E-state index contributed by atoms with van der Waals surface area (Å²) in [4.78, 5) is 28.2. The van der Waals surface area contributed by atoms with Crippen LogP contribution >= 0.6 is 11.6 Å². The highest BCUT2D eigenvalue weighted by Crippen LogP contribution is 2.32. The number of ether oxygens (including phenoxy) is 2. The number of amides is 2. The van der Waals surface area contributed by atoms with Gasteiger partial charge in [0.05, 0.1) is 26.2 Å². The first kappa shape index (κ1) is 28.6. The summed E-state index contributed by atoms with van der Waals surface area (Å²) in [7, 11) is -0.955. The van der Waals surface area contributed by atoms with Gasteiger partial charge in [-0.15, -0.1) is 0 Å². The second kappa shape index (κ2) is 12.5. The molecule has 0 radical (unpaired) electrons. The molecule has 1 aliphatic carbocycles. The number of rotatable bonds is 11. The Morgan fingerprint density at radius 3 is 2.35 bits per heavy atom. The van der Waals surface area contributed by atoms with Gasteiger partial charge in [-0.3, -0.25) is 13.9 Å². The van der Waals surface area contributed by atoms with Crippen LogP contribution < -0.4 is 19.1 Å². The maximum Gasteiger partial charge on any atom is 0.244 e. The molecule has 9 nitrogen and oxygen atoms in total. The van der Waals surface area contributed by atoms with Gasteiger partial charge in [-0.25, -0.2) is 8.42 Å². The molecular weight excluding hydrogens is 518 g/mol. The smallest absolute Gasteiger partial charge is 0.244 e. The van der Waals surface area contributed by atoms with Crippen LogP contribution in [0, 0.1) is 0 Å². The summed E-state index contributed by atoms with van der Waals surface area (Å²) in [6.45, 7) is 1.23. The van der Waals surface area contributed by atoms with E-state index in [2.05, 4.69) is 5.32 Å². The van der Waals surface area contributed by atoms with Crippen molar-refractivity contribution in [3.8, 4) is 11.5 Å². The first-order valence-corrected chi connectivity index (χ1v) is 14.3. The molecule has 0 aliphatic heterocycles. The number of methoxy groups -OCH3 is 2. The topological polar surface area (TPSA) is 105 Å². The zero-order chi connectivity index (χ0) is 27.2. The molecule has 1 aliphatic rings. The number of hydrogen-bond donors (Lipinski definition) is 1. The van der Waals surface area contributed by atoms with Gasteiger partial charge in [0.25, 0.3) is 0 Å². The van der Waals surface area contributed by atoms with Gasteiger partial charge in [-0.1, -0.05) is 36.6 Å². The van der Waals surface area contributed by atoms with E-state index < -0.39 is 28.5 Å². The average molecular weight is 552 g/mol. The number of halogens is 1. The molecule has 202 valence electrons. The predicted octanol–water partition coefficient (Wildman–Crippen LogP) is 3.60. The zero-order valence-electron chi connectivity index (χ0n) is 21.6. The molecule has 2 aromatic carbocycles. The van der Waals surface area contributed by atoms with E-state index in [1.807, 2.05) is 0 Å². The number of carbonyl (C=O) groups is 2. The van der Waals surface area contributed by atoms with Crippen LogP contribution in [0.2, 0.25) is 5.02 Å². The van der Waals surface area contributed by atoms with Crippen molar-refractivity contribution in [3.05, 3.63) is 53.1 Å². The number of sulfonamides is 1. The molecule has 0 heterocycles. The lowest BCUT2D eigenvalue weighted by atomic mass is 10.1. The number of anilines is 1. The van der Waals surface area contributed by atoms with E-state index in [4.69, 9.17) is 21.1 Å². The molecule has 11 heteroatoms. The molecule has 1 fully saturated rings. The first-order chi connectivity index (χ1) is 17.5. The fourth-order valence-corrected chi connectivity index (χ4v) is 5.45. The van der Waals surface area contributed by atoms with Crippen molar-refractivity contribution in [1.82, 2.24) is 10.2 Å². The molecule has 0 saturated heterocycles. The zero-order valence-corrected chi connectivity index (χ0v) is 23.1. The molecule has 3 rings (SSSR count). The summed E-state index contributed by atoms with van der Waals surface area (Å²) < 4.78 is 37.1. The van der Waals surface area contributed by atoms with Crippen LogP contribution in [-0.4, -0.2) is 64.2 Å². The Kier molecular flexibility index (Phi) is 9.67. The molecule has 0 aromatic heterocycles. The van der Waals surface area contributed by atoms with E-state index in [1.54, 1.807) is 37.3 Å². The van der Waals surface area contributed by atoms with E-state index in [1.165, 1.54) is 31.3 Å². The quantitative estimate of drug-likeness (QED) is 0.457. The van der Waals surface area contributed by atoms with Gasteiger partial charge in [0.2, 0.25) is 21.8 Å². The van der Waals surface area contributed by atoms with Crippen LogP contribution in [0.15, 0.2) is 42.5 Å². The summed E-state index contributed by atoms with van der Waals surface area (Å²) in [6, 6.07) is 10.8. The largest absolute Gasteiger partial charge is 0.493 e. The minimum atomic E-state index is -3.87. The predicted molar refractivity (Wildman–Crippen MR) is 144 cm³/mol. The van der Waals surface area contributed by atoms with Crippen molar-refractivity contribution in [2.24, 2.45) is 0 Å². The Labute approximate surface area is 223 Å². The fourth-order valence-electron chi connectivity index (χ4n) is 4.40. The lowest BCUT2D eigenvalue weighted by Crippen LogP contribution is -2.52. The van der Waals surface area contributed by atoms with Gasteiger partial charge < -0.3 is 19.7 Å². The third-order valence-electron chi connectivity index (χ3n) is 6.45. The molecular formula is C26H34ClN3O6S. The van der Waals surface area contributed by atoms with E-state index >= 15 is 0 Å². The average Bonchev–Trinajstić information content (AvgIpc) is 3.37. The summed E-state index contributed by atoms with van der Waals surface area (Å²) >= 11 is 6.15. The summed E-state index contributed by atoms with van der Waals surface area (Å²) in [6.07, 6.45) is 4.94. The van der Waals surface area contributed by atoms with Crippen molar-refractivity contribution < 1.29 is 27.5 Å². The highest BCUT2D eigenvalue weighted by atomic mass is 35.5. The van der Waals surface area contributed by atoms with Gasteiger partial charge >= 0.3 is 0 Å². The van der Waals surface area contributed by atoms with Crippen LogP contribution in [0.25, 0.3) is 0 Å². The summed E-state index contributed by atoms with van der Waals surface area (Å²) in [5, 5.41) is 3.53. The van der Waals surface area contributed by atoms with E-state index in [0.717, 1.165) is 41.8 Å². The molecule has 37 heavy (non-hydrogen) atoms. The molecule has 1 N–H and O–H groups in total. The Morgan fingerprint density at radius 1 is 1.08 bits per heavy atom. The van der Waals surface area contributed by atoms with E-state index in [9.17, 15) is 18.0 Å². The third-order valence-corrected chi connectivity index (χ3v) is 7.82. The molecule has 1 saturated carbocycles. The Hall–Kier alpha value is -2.98. The van der Waals surface area contributed by atoms with Crippen LogP contribution in [0.1, 0.15) is 38.2 Å². The fraction of sp³-hybridized carbons (Fsp3) is 0.462. The summed E-state index contributed by atoms with van der Waals surface area (Å²) in [5.41, 5.74) is 0.956. The second-order valence-corrected chi connectivity index (χ2v) is 11.5. The molecule has 2 aromatic rings. The third kappa shape index (κ3) is 7.52. The van der Waals surface area contributed by atoms with Gasteiger partial charge in [0, 0.05) is 23.7 Å². The number of carbonyl (C=O) groups excluding carboxylic acids is 2. The van der Waals surface area contributed by atoms with Crippen LogP contribution in [0.4, 0.5) is 5.69 Å². The maximum atomic E-state index is 13.7. The minimum absolute atomic E-state index is 0.0809. The first-order valence-electron chi connectivity index (χ1n) is 12.1. The molecule has 0 bridgehead atoms. The van der Waals surface area contributed by atoms with Crippen molar-refractivity contribution in [2.75, 3.05) is 31.3 Å². The lowest BCUT2D eigenvalue weighted by Gasteiger charge is -2.32. The van der Waals surface area contributed by atoms with Crippen LogP contribution in [0.3, 0.4) is 0 Å². The minimum Gasteiger partial charge on any atom is -0.493 e. The number of nitrogens with zero attached hydrogens (tertiary/aromatic N) is 2. The van der Waals surface area contributed by atoms with Crippen molar-refractivity contribution >= 4 is 39.1 Å². The van der Waals surface area contributed by atoms with Gasteiger partial charge in [0.1, 0.15) is 12.6 Å². The molecule has 2 amide bonds. The Morgan fingerprint density at radius 2 is 1.76 bits per heavy atom. The molecule has 0 unspecified atom stereocenters. The SMILES string of the molecule is COc1ccc(N(CC(=O)N(Cc2cccc(Cl)c2)[C@H](C)C(=O)NC2CCCC2)S(C)(=O)=O)cc1OC. The number of nitrogens with one attached hydrogen (secondary N) is 1. The van der Waals surface area contributed by atoms with E-state index in [0.29, 0.717) is 16.5 Å². The van der Waals surface area contributed by atoms with Gasteiger partial charge in [0.15, 0.2) is 11.5 Å². The maximum absolute atomic E-state index is 13.7. The second-order valence-electron chi connectivity index (χ2n) is 9.13. The lowest BCUT2D eigenvalue weighted by molar-refractivity contribution is -0.139. The number of benzene rings is 2. The van der Waals surface area contributed by atoms with Crippen molar-refractivity contribution in [3.63, 3.8) is 0 Å². The monoisotopic (exact) mass is 551 g/mol. The number of hydrogen-bond acceptors (Lipinski definition) is 6. The highest BCUT2D eigenvalue weighted by molar-refractivity contribution is 7.92.